The van der Waals surface area contributed by atoms with E-state index in [2.05, 4.69) is 5.32 Å². The summed E-state index contributed by atoms with van der Waals surface area (Å²) in [5.41, 5.74) is 4.34. The van der Waals surface area contributed by atoms with Gasteiger partial charge < -0.3 is 19.7 Å². The van der Waals surface area contributed by atoms with Crippen molar-refractivity contribution in [1.29, 1.82) is 0 Å². The number of hydrogen-bond acceptors (Lipinski definition) is 5. The fraction of sp³-hybridized carbons (Fsp3) is 0.233. The van der Waals surface area contributed by atoms with Crippen molar-refractivity contribution in [3.8, 4) is 22.8 Å². The van der Waals surface area contributed by atoms with Crippen molar-refractivity contribution >= 4 is 22.7 Å². The highest BCUT2D eigenvalue weighted by Gasteiger charge is 2.19. The second kappa shape index (κ2) is 10.7. The van der Waals surface area contributed by atoms with Gasteiger partial charge in [-0.05, 0) is 60.9 Å². The van der Waals surface area contributed by atoms with Gasteiger partial charge in [0.1, 0.15) is 0 Å². The molecule has 5 rings (SSSR count). The molecule has 1 aromatic heterocycles. The largest absolute Gasteiger partial charge is 0.493 e. The van der Waals surface area contributed by atoms with Crippen LogP contribution in [0, 0.1) is 0 Å². The van der Waals surface area contributed by atoms with E-state index >= 15 is 0 Å². The van der Waals surface area contributed by atoms with Crippen molar-refractivity contribution < 1.29 is 19.1 Å². The summed E-state index contributed by atoms with van der Waals surface area (Å²) in [4.78, 5) is 32.6. The van der Waals surface area contributed by atoms with Crippen LogP contribution in [0.4, 0.5) is 0 Å². The number of likely N-dealkylation sites (tertiary alicyclic amines) is 1. The molecule has 7 heteroatoms. The second-order valence-corrected chi connectivity index (χ2v) is 9.02. The molecule has 1 aliphatic rings. The van der Waals surface area contributed by atoms with Crippen LogP contribution in [0.25, 0.3) is 22.2 Å². The molecule has 4 aromatic rings. The van der Waals surface area contributed by atoms with Crippen molar-refractivity contribution in [2.45, 2.75) is 19.4 Å². The number of methoxy groups -OCH3 is 2. The van der Waals surface area contributed by atoms with Gasteiger partial charge in [0, 0.05) is 36.1 Å². The third kappa shape index (κ3) is 5.11. The lowest BCUT2D eigenvalue weighted by Crippen LogP contribution is -2.27. The van der Waals surface area contributed by atoms with Gasteiger partial charge in [-0.2, -0.15) is 0 Å². The highest BCUT2D eigenvalue weighted by molar-refractivity contribution is 6.07. The molecule has 188 valence electrons. The predicted octanol–water partition coefficient (Wildman–Crippen LogP) is 5.09. The zero-order valence-electron chi connectivity index (χ0n) is 21.0. The standard InChI is InChI=1S/C30H29N3O4/c1-36-27-14-13-22(17-28(27)37-2)26-18-24(23-7-3-4-8-25(23)32-26)29(34)31-19-20-9-11-21(12-10-20)30(35)33-15-5-6-16-33/h3-4,7-14,17-18H,5-6,15-16,19H2,1-2H3,(H,31,34). The number of carbonyl (C=O) groups excluding carboxylic acids is 2. The molecule has 0 spiro atoms. The molecule has 1 N–H and O–H groups in total. The van der Waals surface area contributed by atoms with E-state index in [-0.39, 0.29) is 11.8 Å². The molecule has 0 aliphatic carbocycles. The van der Waals surface area contributed by atoms with Gasteiger partial charge in [0.05, 0.1) is 31.0 Å². The second-order valence-electron chi connectivity index (χ2n) is 9.02. The lowest BCUT2D eigenvalue weighted by atomic mass is 10.0. The lowest BCUT2D eigenvalue weighted by molar-refractivity contribution is 0.0792. The first-order valence-corrected chi connectivity index (χ1v) is 12.4. The van der Waals surface area contributed by atoms with Gasteiger partial charge in [-0.15, -0.1) is 0 Å². The van der Waals surface area contributed by atoms with Crippen LogP contribution in [-0.4, -0.2) is 49.0 Å². The molecule has 3 aromatic carbocycles. The van der Waals surface area contributed by atoms with Crippen molar-refractivity contribution in [1.82, 2.24) is 15.2 Å². The molecular formula is C30H29N3O4. The Morgan fingerprint density at radius 3 is 2.35 bits per heavy atom. The molecule has 2 amide bonds. The topological polar surface area (TPSA) is 80.8 Å². The SMILES string of the molecule is COc1ccc(-c2cc(C(=O)NCc3ccc(C(=O)N4CCCC4)cc3)c3ccccc3n2)cc1OC. The van der Waals surface area contributed by atoms with Gasteiger partial charge in [0.2, 0.25) is 0 Å². The van der Waals surface area contributed by atoms with Crippen LogP contribution in [0.2, 0.25) is 0 Å². The van der Waals surface area contributed by atoms with E-state index in [1.54, 1.807) is 20.3 Å². The number of aromatic nitrogens is 1. The molecule has 0 unspecified atom stereocenters. The maximum absolute atomic E-state index is 13.3. The molecule has 7 nitrogen and oxygen atoms in total. The normalized spacial score (nSPS) is 13.0. The number of rotatable bonds is 7. The Morgan fingerprint density at radius 1 is 0.892 bits per heavy atom. The monoisotopic (exact) mass is 495 g/mol. The van der Waals surface area contributed by atoms with Crippen molar-refractivity contribution in [3.05, 3.63) is 89.5 Å². The minimum absolute atomic E-state index is 0.0685. The fourth-order valence-corrected chi connectivity index (χ4v) is 4.65. The van der Waals surface area contributed by atoms with Crippen LogP contribution >= 0.6 is 0 Å². The van der Waals surface area contributed by atoms with E-state index in [1.165, 1.54) is 0 Å². The summed E-state index contributed by atoms with van der Waals surface area (Å²) in [6.45, 7) is 1.99. The van der Waals surface area contributed by atoms with E-state index in [9.17, 15) is 9.59 Å². The van der Waals surface area contributed by atoms with Gasteiger partial charge >= 0.3 is 0 Å². The Bertz CT molecular complexity index is 1440. The number of amides is 2. The number of nitrogens with one attached hydrogen (secondary N) is 1. The molecule has 1 saturated heterocycles. The van der Waals surface area contributed by atoms with Crippen LogP contribution in [0.1, 0.15) is 39.1 Å². The number of nitrogens with zero attached hydrogens (tertiary/aromatic N) is 2. The Labute approximate surface area is 216 Å². The van der Waals surface area contributed by atoms with E-state index in [4.69, 9.17) is 14.5 Å². The summed E-state index contributed by atoms with van der Waals surface area (Å²) in [6, 6.07) is 22.4. The zero-order chi connectivity index (χ0) is 25.8. The number of benzene rings is 3. The third-order valence-corrected chi connectivity index (χ3v) is 6.69. The molecular weight excluding hydrogens is 466 g/mol. The number of hydrogen-bond donors (Lipinski definition) is 1. The van der Waals surface area contributed by atoms with E-state index in [1.807, 2.05) is 71.6 Å². The lowest BCUT2D eigenvalue weighted by Gasteiger charge is -2.15. The summed E-state index contributed by atoms with van der Waals surface area (Å²) >= 11 is 0. The van der Waals surface area contributed by atoms with Crippen molar-refractivity contribution in [3.63, 3.8) is 0 Å². The maximum Gasteiger partial charge on any atom is 0.253 e. The van der Waals surface area contributed by atoms with Gasteiger partial charge in [-0.25, -0.2) is 4.98 Å². The maximum atomic E-state index is 13.3. The first kappa shape index (κ1) is 24.3. The number of fused-ring (bicyclic) bond motifs is 1. The summed E-state index contributed by atoms with van der Waals surface area (Å²) in [6.07, 6.45) is 2.13. The molecule has 0 atom stereocenters. The van der Waals surface area contributed by atoms with Gasteiger partial charge in [-0.1, -0.05) is 30.3 Å². The highest BCUT2D eigenvalue weighted by atomic mass is 16.5. The van der Waals surface area contributed by atoms with Crippen molar-refractivity contribution in [2.24, 2.45) is 0 Å². The molecule has 37 heavy (non-hydrogen) atoms. The number of carbonyl (C=O) groups is 2. The van der Waals surface area contributed by atoms with Gasteiger partial charge in [0.15, 0.2) is 11.5 Å². The van der Waals surface area contributed by atoms with Crippen LogP contribution in [0.3, 0.4) is 0 Å². The summed E-state index contributed by atoms with van der Waals surface area (Å²) in [5.74, 6) is 1.09. The number of ether oxygens (including phenoxy) is 2. The Balaban J connectivity index is 1.37. The van der Waals surface area contributed by atoms with Gasteiger partial charge in [-0.3, -0.25) is 9.59 Å². The van der Waals surface area contributed by atoms with Crippen LogP contribution < -0.4 is 14.8 Å². The predicted molar refractivity (Wildman–Crippen MR) is 143 cm³/mol. The smallest absolute Gasteiger partial charge is 0.253 e. The average molecular weight is 496 g/mol. The molecule has 1 aliphatic heterocycles. The minimum atomic E-state index is -0.197. The Hall–Kier alpha value is -4.39. The average Bonchev–Trinajstić information content (AvgIpc) is 3.50. The summed E-state index contributed by atoms with van der Waals surface area (Å²) in [5, 5.41) is 3.80. The first-order chi connectivity index (χ1) is 18.1. The first-order valence-electron chi connectivity index (χ1n) is 12.4. The quantitative estimate of drug-likeness (QED) is 0.387. The minimum Gasteiger partial charge on any atom is -0.493 e. The molecule has 0 radical (unpaired) electrons. The molecule has 0 bridgehead atoms. The van der Waals surface area contributed by atoms with Crippen LogP contribution in [-0.2, 0) is 6.54 Å². The van der Waals surface area contributed by atoms with Crippen LogP contribution in [0.5, 0.6) is 11.5 Å². The summed E-state index contributed by atoms with van der Waals surface area (Å²) in [7, 11) is 3.18. The molecule has 1 fully saturated rings. The fourth-order valence-electron chi connectivity index (χ4n) is 4.65. The summed E-state index contributed by atoms with van der Waals surface area (Å²) < 4.78 is 10.8. The molecule has 0 saturated carbocycles. The van der Waals surface area contributed by atoms with E-state index < -0.39 is 0 Å². The van der Waals surface area contributed by atoms with Crippen LogP contribution in [0.15, 0.2) is 72.8 Å². The zero-order valence-corrected chi connectivity index (χ0v) is 21.0. The van der Waals surface area contributed by atoms with Crippen molar-refractivity contribution in [2.75, 3.05) is 27.3 Å². The van der Waals surface area contributed by atoms with E-state index in [0.717, 1.165) is 48.0 Å². The number of para-hydroxylation sites is 1. The number of pyridine rings is 1. The van der Waals surface area contributed by atoms with Gasteiger partial charge in [0.25, 0.3) is 11.8 Å². The Kier molecular flexibility index (Phi) is 7.03. The van der Waals surface area contributed by atoms with E-state index in [0.29, 0.717) is 34.9 Å². The Morgan fingerprint density at radius 2 is 1.62 bits per heavy atom. The molecule has 2 heterocycles. The third-order valence-electron chi connectivity index (χ3n) is 6.69. The highest BCUT2D eigenvalue weighted by Crippen LogP contribution is 2.33.